The molecule has 6 heteroatoms. The van der Waals surface area contributed by atoms with Crippen LogP contribution in [0, 0.1) is 0 Å². The van der Waals surface area contributed by atoms with Gasteiger partial charge in [-0.15, -0.1) is 0 Å². The first-order chi connectivity index (χ1) is 16.8. The van der Waals surface area contributed by atoms with Crippen LogP contribution in [0.15, 0.2) is 48.5 Å². The molecule has 0 saturated heterocycles. The minimum Gasteiger partial charge on any atom is -0.494 e. The standard InChI is InChI=1S/C28H35BrN2O2S/c1-2-33-23-16-17-24-26(20-23)34-28-30-27(22-14-10-9-11-15-22)25(31(24)28)21-32-19-13-8-6-4-3-5-7-12-18-29/h9-11,14-17,20H,2-8,12-13,18-19,21H2,1H3. The van der Waals surface area contributed by atoms with E-state index in [-0.39, 0.29) is 0 Å². The van der Waals surface area contributed by atoms with Crippen molar-refractivity contribution in [2.24, 2.45) is 0 Å². The number of imidazole rings is 1. The maximum absolute atomic E-state index is 6.20. The normalized spacial score (nSPS) is 11.6. The van der Waals surface area contributed by atoms with Gasteiger partial charge in [0.1, 0.15) is 5.75 Å². The zero-order chi connectivity index (χ0) is 23.6. The van der Waals surface area contributed by atoms with Gasteiger partial charge in [0.2, 0.25) is 0 Å². The molecule has 0 aliphatic rings. The molecular formula is C28H35BrN2O2S. The minimum atomic E-state index is 0.566. The van der Waals surface area contributed by atoms with Crippen molar-refractivity contribution in [2.75, 3.05) is 18.5 Å². The van der Waals surface area contributed by atoms with Crippen LogP contribution in [0.25, 0.3) is 26.4 Å². The monoisotopic (exact) mass is 542 g/mol. The third-order valence-electron chi connectivity index (χ3n) is 6.08. The number of thiazole rings is 1. The summed E-state index contributed by atoms with van der Waals surface area (Å²) in [7, 11) is 0. The smallest absolute Gasteiger partial charge is 0.195 e. The fraction of sp³-hybridized carbons (Fsp3) is 0.464. The summed E-state index contributed by atoms with van der Waals surface area (Å²) in [6.07, 6.45) is 10.4. The Morgan fingerprint density at radius 3 is 2.38 bits per heavy atom. The molecule has 34 heavy (non-hydrogen) atoms. The molecule has 0 radical (unpaired) electrons. The Balaban J connectivity index is 1.42. The number of rotatable bonds is 15. The van der Waals surface area contributed by atoms with Gasteiger partial charge in [-0.1, -0.05) is 96.1 Å². The molecule has 0 atom stereocenters. The van der Waals surface area contributed by atoms with Crippen molar-refractivity contribution in [2.45, 2.75) is 64.9 Å². The number of unbranched alkanes of at least 4 members (excludes halogenated alkanes) is 7. The number of halogens is 1. The number of nitrogens with zero attached hydrogens (tertiary/aromatic N) is 2. The van der Waals surface area contributed by atoms with Gasteiger partial charge < -0.3 is 9.47 Å². The molecule has 2 heterocycles. The molecule has 0 aliphatic heterocycles. The van der Waals surface area contributed by atoms with E-state index in [0.29, 0.717) is 13.2 Å². The Bertz CT molecular complexity index is 1160. The fourth-order valence-corrected chi connectivity index (χ4v) is 5.82. The predicted molar refractivity (Wildman–Crippen MR) is 148 cm³/mol. The van der Waals surface area contributed by atoms with E-state index in [9.17, 15) is 0 Å². The van der Waals surface area contributed by atoms with Gasteiger partial charge in [-0.3, -0.25) is 4.40 Å². The first kappa shape index (κ1) is 25.2. The lowest BCUT2D eigenvalue weighted by Crippen LogP contribution is -2.01. The Morgan fingerprint density at radius 1 is 0.912 bits per heavy atom. The zero-order valence-electron chi connectivity index (χ0n) is 20.1. The predicted octanol–water partition coefficient (Wildman–Crippen LogP) is 8.65. The van der Waals surface area contributed by atoms with Crippen LogP contribution in [0.3, 0.4) is 0 Å². The average Bonchev–Trinajstić information content (AvgIpc) is 3.39. The van der Waals surface area contributed by atoms with Crippen LogP contribution in [0.2, 0.25) is 0 Å². The number of aromatic nitrogens is 2. The highest BCUT2D eigenvalue weighted by atomic mass is 79.9. The van der Waals surface area contributed by atoms with Crippen LogP contribution in [0.1, 0.15) is 64.0 Å². The topological polar surface area (TPSA) is 35.8 Å². The zero-order valence-corrected chi connectivity index (χ0v) is 22.5. The number of hydrogen-bond donors (Lipinski definition) is 0. The summed E-state index contributed by atoms with van der Waals surface area (Å²) < 4.78 is 15.4. The van der Waals surface area contributed by atoms with Crippen LogP contribution in [-0.2, 0) is 11.3 Å². The summed E-state index contributed by atoms with van der Waals surface area (Å²) in [6.45, 7) is 4.04. The molecule has 0 unspecified atom stereocenters. The van der Waals surface area contributed by atoms with Crippen LogP contribution in [-0.4, -0.2) is 27.9 Å². The SMILES string of the molecule is CCOc1ccc2c(c1)sc1nc(-c3ccccc3)c(COCCCCCCCCCCBr)n12. The van der Waals surface area contributed by atoms with Crippen molar-refractivity contribution in [3.05, 3.63) is 54.2 Å². The fourth-order valence-electron chi connectivity index (χ4n) is 4.35. The number of fused-ring (bicyclic) bond motifs is 3. The largest absolute Gasteiger partial charge is 0.494 e. The van der Waals surface area contributed by atoms with E-state index in [1.807, 2.05) is 19.1 Å². The molecule has 2 aromatic carbocycles. The van der Waals surface area contributed by atoms with Crippen LogP contribution >= 0.6 is 27.3 Å². The molecule has 0 aliphatic carbocycles. The maximum Gasteiger partial charge on any atom is 0.195 e. The molecule has 0 fully saturated rings. The second-order valence-electron chi connectivity index (χ2n) is 8.63. The molecule has 0 spiro atoms. The van der Waals surface area contributed by atoms with Crippen molar-refractivity contribution >= 4 is 42.4 Å². The molecule has 0 N–H and O–H groups in total. The van der Waals surface area contributed by atoms with E-state index < -0.39 is 0 Å². The Labute approximate surface area is 215 Å². The van der Waals surface area contributed by atoms with Gasteiger partial charge in [0, 0.05) is 17.5 Å². The molecule has 0 saturated carbocycles. The van der Waals surface area contributed by atoms with E-state index in [1.54, 1.807) is 11.3 Å². The van der Waals surface area contributed by atoms with Crippen molar-refractivity contribution < 1.29 is 9.47 Å². The first-order valence-corrected chi connectivity index (χ1v) is 14.5. The van der Waals surface area contributed by atoms with Gasteiger partial charge in [-0.2, -0.15) is 0 Å². The molecule has 4 nitrogen and oxygen atoms in total. The summed E-state index contributed by atoms with van der Waals surface area (Å²) in [5.41, 5.74) is 4.45. The molecular weight excluding hydrogens is 508 g/mol. The van der Waals surface area contributed by atoms with Gasteiger partial charge in [-0.25, -0.2) is 4.98 Å². The lowest BCUT2D eigenvalue weighted by molar-refractivity contribution is 0.114. The lowest BCUT2D eigenvalue weighted by Gasteiger charge is -2.08. The molecule has 2 aromatic heterocycles. The second-order valence-corrected chi connectivity index (χ2v) is 10.4. The summed E-state index contributed by atoms with van der Waals surface area (Å²) in [5.74, 6) is 0.906. The molecule has 4 rings (SSSR count). The molecule has 0 bridgehead atoms. The Morgan fingerprint density at radius 2 is 1.65 bits per heavy atom. The van der Waals surface area contributed by atoms with Gasteiger partial charge in [0.25, 0.3) is 0 Å². The van der Waals surface area contributed by atoms with Crippen LogP contribution < -0.4 is 4.74 Å². The van der Waals surface area contributed by atoms with Gasteiger partial charge in [-0.05, 0) is 38.0 Å². The van der Waals surface area contributed by atoms with Gasteiger partial charge in [0.05, 0.1) is 34.8 Å². The number of hydrogen-bond acceptors (Lipinski definition) is 4. The van der Waals surface area contributed by atoms with Gasteiger partial charge in [0.15, 0.2) is 4.96 Å². The van der Waals surface area contributed by atoms with E-state index in [2.05, 4.69) is 56.7 Å². The third-order valence-corrected chi connectivity index (χ3v) is 7.65. The van der Waals surface area contributed by atoms with Crippen LogP contribution in [0.5, 0.6) is 5.75 Å². The Kier molecular flexibility index (Phi) is 9.84. The van der Waals surface area contributed by atoms with Crippen molar-refractivity contribution in [3.8, 4) is 17.0 Å². The third kappa shape index (κ3) is 6.41. The summed E-state index contributed by atoms with van der Waals surface area (Å²) >= 11 is 5.21. The Hall–Kier alpha value is -1.89. The highest BCUT2D eigenvalue weighted by Gasteiger charge is 2.18. The van der Waals surface area contributed by atoms with E-state index in [4.69, 9.17) is 14.5 Å². The van der Waals surface area contributed by atoms with Crippen molar-refractivity contribution in [1.82, 2.24) is 9.38 Å². The summed E-state index contributed by atoms with van der Waals surface area (Å²) in [5, 5.41) is 1.13. The molecule has 4 aromatic rings. The van der Waals surface area contributed by atoms with Crippen molar-refractivity contribution in [3.63, 3.8) is 0 Å². The number of ether oxygens (including phenoxy) is 2. The first-order valence-electron chi connectivity index (χ1n) is 12.6. The van der Waals surface area contributed by atoms with E-state index in [0.717, 1.165) is 51.5 Å². The van der Waals surface area contributed by atoms with E-state index in [1.165, 1.54) is 49.6 Å². The highest BCUT2D eigenvalue weighted by Crippen LogP contribution is 2.35. The average molecular weight is 544 g/mol. The second kappa shape index (κ2) is 13.3. The minimum absolute atomic E-state index is 0.566. The summed E-state index contributed by atoms with van der Waals surface area (Å²) in [4.78, 5) is 6.02. The number of benzene rings is 2. The summed E-state index contributed by atoms with van der Waals surface area (Å²) in [6, 6.07) is 16.7. The highest BCUT2D eigenvalue weighted by molar-refractivity contribution is 9.09. The van der Waals surface area contributed by atoms with Crippen LogP contribution in [0.4, 0.5) is 0 Å². The molecule has 182 valence electrons. The quantitative estimate of drug-likeness (QED) is 0.111. The van der Waals surface area contributed by atoms with Crippen molar-refractivity contribution in [1.29, 1.82) is 0 Å². The maximum atomic E-state index is 6.20. The molecule has 0 amide bonds. The number of alkyl halides is 1. The lowest BCUT2D eigenvalue weighted by atomic mass is 10.1. The van der Waals surface area contributed by atoms with E-state index >= 15 is 0 Å². The van der Waals surface area contributed by atoms with Gasteiger partial charge >= 0.3 is 0 Å².